The summed E-state index contributed by atoms with van der Waals surface area (Å²) in [4.78, 5) is 14.8. The average molecular weight is 340 g/mol. The number of likely N-dealkylation sites (tertiary alicyclic amines) is 1. The van der Waals surface area contributed by atoms with Gasteiger partial charge in [0.05, 0.1) is 5.56 Å². The third-order valence-corrected chi connectivity index (χ3v) is 5.29. The number of hydrogen-bond acceptors (Lipinski definition) is 2. The summed E-state index contributed by atoms with van der Waals surface area (Å²) in [7, 11) is 0. The minimum absolute atomic E-state index is 0. The van der Waals surface area contributed by atoms with E-state index in [-0.39, 0.29) is 18.3 Å². The molecule has 2 aliphatic rings. The predicted molar refractivity (Wildman–Crippen MR) is 96.5 cm³/mol. The van der Waals surface area contributed by atoms with E-state index in [9.17, 15) is 4.79 Å². The fraction of sp³-hybridized carbons (Fsp3) is 0.722. The number of halogens is 1. The summed E-state index contributed by atoms with van der Waals surface area (Å²) < 4.78 is 2.22. The Hall–Kier alpha value is -1.00. The van der Waals surface area contributed by atoms with E-state index in [0.29, 0.717) is 6.04 Å². The summed E-state index contributed by atoms with van der Waals surface area (Å²) in [5.74, 6) is 1.15. The molecule has 2 heterocycles. The molecule has 0 bridgehead atoms. The highest BCUT2D eigenvalue weighted by atomic mass is 35.5. The maximum Gasteiger partial charge on any atom is 0.255 e. The van der Waals surface area contributed by atoms with Gasteiger partial charge in [-0.2, -0.15) is 0 Å². The molecule has 1 amide bonds. The molecule has 2 fully saturated rings. The first-order valence-electron chi connectivity index (χ1n) is 8.79. The summed E-state index contributed by atoms with van der Waals surface area (Å²) in [6, 6.07) is 2.66. The van der Waals surface area contributed by atoms with E-state index >= 15 is 0 Å². The first kappa shape index (κ1) is 18.3. The summed E-state index contributed by atoms with van der Waals surface area (Å²) in [6.45, 7) is 10.2. The lowest BCUT2D eigenvalue weighted by atomic mass is 10.0. The fourth-order valence-electron chi connectivity index (χ4n) is 3.62. The van der Waals surface area contributed by atoms with Crippen LogP contribution in [0.25, 0.3) is 0 Å². The Morgan fingerprint density at radius 3 is 2.39 bits per heavy atom. The van der Waals surface area contributed by atoms with Gasteiger partial charge in [-0.15, -0.1) is 12.4 Å². The normalized spacial score (nSPS) is 18.8. The van der Waals surface area contributed by atoms with E-state index in [1.807, 2.05) is 4.90 Å². The Labute approximate surface area is 146 Å². The topological polar surface area (TPSA) is 37.3 Å². The quantitative estimate of drug-likeness (QED) is 0.894. The van der Waals surface area contributed by atoms with Crippen LogP contribution >= 0.6 is 12.4 Å². The number of amides is 1. The molecule has 0 unspecified atom stereocenters. The van der Waals surface area contributed by atoms with Gasteiger partial charge in [0.2, 0.25) is 0 Å². The van der Waals surface area contributed by atoms with Gasteiger partial charge in [0, 0.05) is 37.1 Å². The maximum absolute atomic E-state index is 12.8. The van der Waals surface area contributed by atoms with Crippen LogP contribution in [0.2, 0.25) is 0 Å². The molecule has 1 N–H and O–H groups in total. The molecule has 130 valence electrons. The Balaban J connectivity index is 0.00000192. The average Bonchev–Trinajstić information content (AvgIpc) is 3.30. The van der Waals surface area contributed by atoms with Crippen molar-refractivity contribution in [3.05, 3.63) is 23.0 Å². The molecule has 1 saturated heterocycles. The molecule has 1 aromatic heterocycles. The highest BCUT2D eigenvalue weighted by Gasteiger charge is 2.27. The summed E-state index contributed by atoms with van der Waals surface area (Å²) in [5, 5.41) is 3.67. The molecule has 0 atom stereocenters. The number of rotatable bonds is 5. The summed E-state index contributed by atoms with van der Waals surface area (Å²) in [5.41, 5.74) is 3.19. The van der Waals surface area contributed by atoms with Crippen LogP contribution in [0.4, 0.5) is 0 Å². The molecule has 1 aliphatic carbocycles. The minimum Gasteiger partial charge on any atom is -0.349 e. The third-order valence-electron chi connectivity index (χ3n) is 5.29. The van der Waals surface area contributed by atoms with Gasteiger partial charge in [0.1, 0.15) is 0 Å². The summed E-state index contributed by atoms with van der Waals surface area (Å²) in [6.07, 6.45) is 4.98. The Bertz CT molecular complexity index is 543. The van der Waals surface area contributed by atoms with Crippen molar-refractivity contribution < 1.29 is 4.79 Å². The number of carbonyl (C=O) groups is 1. The molecule has 0 radical (unpaired) electrons. The lowest BCUT2D eigenvalue weighted by Gasteiger charge is -2.32. The van der Waals surface area contributed by atoms with Gasteiger partial charge < -0.3 is 14.8 Å². The molecule has 1 aromatic rings. The Morgan fingerprint density at radius 2 is 1.87 bits per heavy atom. The zero-order valence-electron chi connectivity index (χ0n) is 14.6. The number of piperidine rings is 1. The molecule has 4 nitrogen and oxygen atoms in total. The lowest BCUT2D eigenvalue weighted by Crippen LogP contribution is -2.45. The Kier molecular flexibility index (Phi) is 6.15. The van der Waals surface area contributed by atoms with Crippen LogP contribution in [-0.4, -0.2) is 41.1 Å². The van der Waals surface area contributed by atoms with Crippen molar-refractivity contribution in [2.45, 2.75) is 59.0 Å². The smallest absolute Gasteiger partial charge is 0.255 e. The van der Waals surface area contributed by atoms with Crippen LogP contribution in [0.1, 0.15) is 54.4 Å². The van der Waals surface area contributed by atoms with Crippen LogP contribution in [0.5, 0.6) is 0 Å². The van der Waals surface area contributed by atoms with E-state index in [2.05, 4.69) is 36.7 Å². The van der Waals surface area contributed by atoms with E-state index in [1.165, 1.54) is 25.1 Å². The second-order valence-corrected chi connectivity index (χ2v) is 6.95. The summed E-state index contributed by atoms with van der Waals surface area (Å²) >= 11 is 0. The highest BCUT2D eigenvalue weighted by molar-refractivity contribution is 5.95. The van der Waals surface area contributed by atoms with Crippen molar-refractivity contribution in [1.29, 1.82) is 0 Å². The number of carbonyl (C=O) groups excluding carboxylic acids is 1. The van der Waals surface area contributed by atoms with Crippen molar-refractivity contribution in [3.8, 4) is 0 Å². The van der Waals surface area contributed by atoms with Crippen LogP contribution in [0.15, 0.2) is 6.07 Å². The second-order valence-electron chi connectivity index (χ2n) is 6.95. The van der Waals surface area contributed by atoms with Gasteiger partial charge >= 0.3 is 0 Å². The largest absolute Gasteiger partial charge is 0.349 e. The highest BCUT2D eigenvalue weighted by Crippen LogP contribution is 2.28. The van der Waals surface area contributed by atoms with Gasteiger partial charge in [-0.05, 0) is 65.0 Å². The van der Waals surface area contributed by atoms with Crippen molar-refractivity contribution in [3.63, 3.8) is 0 Å². The maximum atomic E-state index is 12.8. The third kappa shape index (κ3) is 4.10. The second kappa shape index (κ2) is 7.71. The van der Waals surface area contributed by atoms with Crippen molar-refractivity contribution in [2.75, 3.05) is 19.6 Å². The van der Waals surface area contributed by atoms with Crippen LogP contribution in [0, 0.1) is 19.8 Å². The number of nitrogens with zero attached hydrogens (tertiary/aromatic N) is 2. The monoisotopic (exact) mass is 339 g/mol. The molecular formula is C18H30ClN3O. The minimum atomic E-state index is 0. The molecule has 0 aromatic carbocycles. The predicted octanol–water partition coefficient (Wildman–Crippen LogP) is 3.15. The zero-order chi connectivity index (χ0) is 15.7. The van der Waals surface area contributed by atoms with E-state index in [0.717, 1.165) is 49.7 Å². The molecule has 1 aliphatic heterocycles. The lowest BCUT2D eigenvalue weighted by molar-refractivity contribution is 0.0704. The number of nitrogens with one attached hydrogen (secondary N) is 1. The molecule has 0 spiro atoms. The van der Waals surface area contributed by atoms with Gasteiger partial charge in [0.15, 0.2) is 0 Å². The molecule has 1 saturated carbocycles. The van der Waals surface area contributed by atoms with Gasteiger partial charge in [-0.3, -0.25) is 4.79 Å². The van der Waals surface area contributed by atoms with Gasteiger partial charge in [0.25, 0.3) is 5.91 Å². The van der Waals surface area contributed by atoms with Crippen molar-refractivity contribution in [2.24, 2.45) is 5.92 Å². The zero-order valence-corrected chi connectivity index (χ0v) is 15.4. The van der Waals surface area contributed by atoms with Crippen LogP contribution in [-0.2, 0) is 6.54 Å². The number of aryl methyl sites for hydroxylation is 1. The van der Waals surface area contributed by atoms with E-state index in [1.54, 1.807) is 0 Å². The molecule has 23 heavy (non-hydrogen) atoms. The number of hydrogen-bond donors (Lipinski definition) is 1. The molecule has 3 rings (SSSR count). The standard InChI is InChI=1S/C18H29N3O.ClH/c1-4-21-13(2)11-17(14(21)3)18(22)20-9-7-16(8-10-20)19-12-15-5-6-15;/h11,15-16,19H,4-10,12H2,1-3H3;1H. The van der Waals surface area contributed by atoms with E-state index < -0.39 is 0 Å². The van der Waals surface area contributed by atoms with Crippen molar-refractivity contribution in [1.82, 2.24) is 14.8 Å². The van der Waals surface area contributed by atoms with Crippen LogP contribution < -0.4 is 5.32 Å². The molecule has 5 heteroatoms. The van der Waals surface area contributed by atoms with Gasteiger partial charge in [-0.25, -0.2) is 0 Å². The SMILES string of the molecule is CCn1c(C)cc(C(=O)N2CCC(NCC3CC3)CC2)c1C.Cl. The van der Waals surface area contributed by atoms with Crippen molar-refractivity contribution >= 4 is 18.3 Å². The Morgan fingerprint density at radius 1 is 1.22 bits per heavy atom. The first-order valence-corrected chi connectivity index (χ1v) is 8.79. The van der Waals surface area contributed by atoms with Crippen LogP contribution in [0.3, 0.4) is 0 Å². The molecular weight excluding hydrogens is 310 g/mol. The first-order chi connectivity index (χ1) is 10.6. The fourth-order valence-corrected chi connectivity index (χ4v) is 3.62. The van der Waals surface area contributed by atoms with E-state index in [4.69, 9.17) is 0 Å². The van der Waals surface area contributed by atoms with Gasteiger partial charge in [-0.1, -0.05) is 0 Å². The number of aromatic nitrogens is 1.